The van der Waals surface area contributed by atoms with Crippen molar-refractivity contribution in [3.05, 3.63) is 82.0 Å². The van der Waals surface area contributed by atoms with E-state index in [-0.39, 0.29) is 23.7 Å². The van der Waals surface area contributed by atoms with Crippen molar-refractivity contribution in [1.82, 2.24) is 5.32 Å². The van der Waals surface area contributed by atoms with E-state index >= 15 is 0 Å². The summed E-state index contributed by atoms with van der Waals surface area (Å²) in [5, 5.41) is 2.82. The van der Waals surface area contributed by atoms with E-state index < -0.39 is 11.8 Å². The van der Waals surface area contributed by atoms with Crippen molar-refractivity contribution in [3.8, 4) is 11.5 Å². The van der Waals surface area contributed by atoms with Crippen LogP contribution in [0.3, 0.4) is 0 Å². The molecule has 1 unspecified atom stereocenters. The maximum Gasteiger partial charge on any atom is 0.255 e. The Morgan fingerprint density at radius 1 is 1.03 bits per heavy atom. The number of rotatable bonds is 6. The lowest BCUT2D eigenvalue weighted by atomic mass is 9.72. The number of ether oxygens (including phenoxy) is 2. The zero-order valence-corrected chi connectivity index (χ0v) is 19.1. The van der Waals surface area contributed by atoms with Gasteiger partial charge in [-0.3, -0.25) is 14.4 Å². The minimum atomic E-state index is -0.605. The molecule has 33 heavy (non-hydrogen) atoms. The predicted molar refractivity (Wildman–Crippen MR) is 124 cm³/mol. The van der Waals surface area contributed by atoms with Crippen molar-refractivity contribution >= 4 is 17.5 Å². The fraction of sp³-hybridized carbons (Fsp3) is 0.296. The average molecular weight is 446 g/mol. The van der Waals surface area contributed by atoms with Crippen LogP contribution in [0.5, 0.6) is 11.5 Å². The fourth-order valence-electron chi connectivity index (χ4n) is 4.45. The van der Waals surface area contributed by atoms with Gasteiger partial charge in [0.2, 0.25) is 0 Å². The van der Waals surface area contributed by atoms with Gasteiger partial charge in [-0.1, -0.05) is 29.8 Å². The molecule has 4 rings (SSSR count). The molecule has 0 spiro atoms. The summed E-state index contributed by atoms with van der Waals surface area (Å²) in [6.45, 7) is 2.15. The highest BCUT2D eigenvalue weighted by Gasteiger charge is 2.38. The van der Waals surface area contributed by atoms with Crippen LogP contribution in [0.2, 0.25) is 0 Å². The third kappa shape index (κ3) is 4.46. The lowest BCUT2D eigenvalue weighted by molar-refractivity contribution is -0.123. The van der Waals surface area contributed by atoms with Gasteiger partial charge < -0.3 is 14.8 Å². The molecule has 0 aromatic heterocycles. The number of benzene rings is 2. The van der Waals surface area contributed by atoms with Gasteiger partial charge in [0.05, 0.1) is 25.7 Å². The van der Waals surface area contributed by atoms with Crippen LogP contribution in [-0.4, -0.2) is 31.7 Å². The number of ketones is 2. The molecule has 0 saturated heterocycles. The highest BCUT2D eigenvalue weighted by atomic mass is 16.5. The summed E-state index contributed by atoms with van der Waals surface area (Å²) in [7, 11) is 3.11. The summed E-state index contributed by atoms with van der Waals surface area (Å²) in [5.41, 5.74) is 3.99. The van der Waals surface area contributed by atoms with Crippen LogP contribution >= 0.6 is 0 Å². The molecule has 6 nitrogen and oxygen atoms in total. The molecular formula is C27H27NO5. The molecule has 2 aromatic carbocycles. The maximum absolute atomic E-state index is 13.5. The summed E-state index contributed by atoms with van der Waals surface area (Å²) in [4.78, 5) is 39.3. The van der Waals surface area contributed by atoms with Crippen LogP contribution in [-0.2, 0) is 20.9 Å². The van der Waals surface area contributed by atoms with Crippen LogP contribution in [0.15, 0.2) is 65.3 Å². The van der Waals surface area contributed by atoms with Crippen LogP contribution in [0.25, 0.3) is 0 Å². The third-order valence-electron chi connectivity index (χ3n) is 6.25. The Morgan fingerprint density at radius 3 is 2.48 bits per heavy atom. The number of nitrogens with one attached hydrogen (secondary N) is 1. The van der Waals surface area contributed by atoms with Crippen molar-refractivity contribution in [1.29, 1.82) is 0 Å². The second-order valence-electron chi connectivity index (χ2n) is 8.34. The molecule has 1 amide bonds. The summed E-state index contributed by atoms with van der Waals surface area (Å²) in [6.07, 6.45) is 3.33. The third-order valence-corrected chi connectivity index (χ3v) is 6.25. The standard InChI is InChI=1S/C27H27NO5/c1-16-7-9-17(10-8-16)25-20-5-4-6-23(29)21(20)14-22(26(25)30)27(31)28-15-18-11-12-19(32-2)13-24(18)33-3/h7-14,25H,4-6,15H2,1-3H3,(H,28,31). The Morgan fingerprint density at radius 2 is 1.79 bits per heavy atom. The number of carbonyl (C=O) groups is 3. The minimum Gasteiger partial charge on any atom is -0.497 e. The van der Waals surface area contributed by atoms with Gasteiger partial charge in [0.1, 0.15) is 11.5 Å². The van der Waals surface area contributed by atoms with Crippen LogP contribution in [0.1, 0.15) is 41.9 Å². The van der Waals surface area contributed by atoms with E-state index in [4.69, 9.17) is 9.47 Å². The van der Waals surface area contributed by atoms with Crippen molar-refractivity contribution < 1.29 is 23.9 Å². The number of amides is 1. The first-order valence-corrected chi connectivity index (χ1v) is 11.0. The molecule has 0 radical (unpaired) electrons. The Kier molecular flexibility index (Phi) is 6.45. The summed E-state index contributed by atoms with van der Waals surface area (Å²) < 4.78 is 10.6. The molecule has 2 aliphatic carbocycles. The van der Waals surface area contributed by atoms with Gasteiger partial charge >= 0.3 is 0 Å². The Labute approximate surface area is 193 Å². The second kappa shape index (κ2) is 9.45. The fourth-order valence-corrected chi connectivity index (χ4v) is 4.45. The molecule has 2 aliphatic rings. The van der Waals surface area contributed by atoms with E-state index in [1.54, 1.807) is 32.4 Å². The largest absolute Gasteiger partial charge is 0.497 e. The second-order valence-corrected chi connectivity index (χ2v) is 8.34. The Bertz CT molecular complexity index is 1170. The van der Waals surface area contributed by atoms with E-state index in [0.717, 1.165) is 28.7 Å². The molecule has 1 atom stereocenters. The molecule has 170 valence electrons. The highest BCUT2D eigenvalue weighted by molar-refractivity contribution is 6.25. The molecule has 1 N–H and O–H groups in total. The SMILES string of the molecule is COc1ccc(CNC(=O)C2=CC3=C(CCCC3=O)C(c3ccc(C)cc3)C2=O)c(OC)c1. The minimum absolute atomic E-state index is 0.0111. The van der Waals surface area contributed by atoms with Crippen LogP contribution in [0, 0.1) is 6.92 Å². The number of hydrogen-bond donors (Lipinski definition) is 1. The maximum atomic E-state index is 13.5. The van der Waals surface area contributed by atoms with Crippen molar-refractivity contribution in [2.45, 2.75) is 38.6 Å². The number of hydrogen-bond acceptors (Lipinski definition) is 5. The molecular weight excluding hydrogens is 418 g/mol. The number of Topliss-reactive ketones (excluding diaryl/α,β-unsaturated/α-hetero) is 2. The first-order chi connectivity index (χ1) is 15.9. The van der Waals surface area contributed by atoms with Crippen molar-refractivity contribution in [3.63, 3.8) is 0 Å². The average Bonchev–Trinajstić information content (AvgIpc) is 2.83. The summed E-state index contributed by atoms with van der Waals surface area (Å²) in [6, 6.07) is 13.0. The monoisotopic (exact) mass is 445 g/mol. The normalized spacial score (nSPS) is 17.9. The molecule has 0 aliphatic heterocycles. The first-order valence-electron chi connectivity index (χ1n) is 11.0. The van der Waals surface area contributed by atoms with Gasteiger partial charge in [-0.15, -0.1) is 0 Å². The smallest absolute Gasteiger partial charge is 0.255 e. The van der Waals surface area contributed by atoms with Gasteiger partial charge in [-0.25, -0.2) is 0 Å². The Hall–Kier alpha value is -3.67. The molecule has 2 aromatic rings. The van der Waals surface area contributed by atoms with Crippen LogP contribution in [0.4, 0.5) is 0 Å². The summed E-state index contributed by atoms with van der Waals surface area (Å²) >= 11 is 0. The molecule has 0 fully saturated rings. The quantitative estimate of drug-likeness (QED) is 0.681. The van der Waals surface area contributed by atoms with Crippen molar-refractivity contribution in [2.24, 2.45) is 0 Å². The van der Waals surface area contributed by atoms with Gasteiger partial charge in [-0.2, -0.15) is 0 Å². The van der Waals surface area contributed by atoms with E-state index in [2.05, 4.69) is 5.32 Å². The van der Waals surface area contributed by atoms with E-state index in [1.165, 1.54) is 6.08 Å². The number of aryl methyl sites for hydroxylation is 1. The van der Waals surface area contributed by atoms with E-state index in [0.29, 0.717) is 29.9 Å². The number of carbonyl (C=O) groups excluding carboxylic acids is 3. The van der Waals surface area contributed by atoms with Gasteiger partial charge in [0.25, 0.3) is 5.91 Å². The molecule has 0 bridgehead atoms. The summed E-state index contributed by atoms with van der Waals surface area (Å²) in [5.74, 6) is -0.174. The molecule has 0 heterocycles. The van der Waals surface area contributed by atoms with Gasteiger partial charge in [0.15, 0.2) is 11.6 Å². The number of methoxy groups -OCH3 is 2. The predicted octanol–water partition coefficient (Wildman–Crippen LogP) is 3.97. The highest BCUT2D eigenvalue weighted by Crippen LogP contribution is 2.40. The Balaban J connectivity index is 1.63. The van der Waals surface area contributed by atoms with E-state index in [9.17, 15) is 14.4 Å². The van der Waals surface area contributed by atoms with Gasteiger partial charge in [0, 0.05) is 30.2 Å². The lowest BCUT2D eigenvalue weighted by Gasteiger charge is -2.29. The number of allylic oxidation sites excluding steroid dienone is 3. The van der Waals surface area contributed by atoms with Crippen LogP contribution < -0.4 is 14.8 Å². The van der Waals surface area contributed by atoms with E-state index in [1.807, 2.05) is 31.2 Å². The molecule has 0 saturated carbocycles. The topological polar surface area (TPSA) is 81.7 Å². The molecule has 6 heteroatoms. The zero-order valence-electron chi connectivity index (χ0n) is 19.1. The van der Waals surface area contributed by atoms with Gasteiger partial charge in [-0.05, 0) is 49.1 Å². The zero-order chi connectivity index (χ0) is 23.5. The van der Waals surface area contributed by atoms with Crippen molar-refractivity contribution in [2.75, 3.05) is 14.2 Å². The lowest BCUT2D eigenvalue weighted by Crippen LogP contribution is -2.34. The first kappa shape index (κ1) is 22.5.